The van der Waals surface area contributed by atoms with Gasteiger partial charge in [-0.3, -0.25) is 4.79 Å². The molecule has 0 aliphatic heterocycles. The molecule has 0 saturated heterocycles. The van der Waals surface area contributed by atoms with Gasteiger partial charge >= 0.3 is 0 Å². The first-order valence-electron chi connectivity index (χ1n) is 8.47. The molecule has 1 amide bonds. The first-order valence-corrected chi connectivity index (χ1v) is 8.47. The molecule has 2 aromatic carbocycles. The van der Waals surface area contributed by atoms with E-state index in [1.807, 2.05) is 61.5 Å². The van der Waals surface area contributed by atoms with Gasteiger partial charge in [-0.1, -0.05) is 37.3 Å². The van der Waals surface area contributed by atoms with Crippen LogP contribution in [0.3, 0.4) is 0 Å². The molecule has 0 spiro atoms. The molecule has 4 heteroatoms. The Hall–Kier alpha value is -2.49. The van der Waals surface area contributed by atoms with Crippen LogP contribution in [0.25, 0.3) is 0 Å². The first-order chi connectivity index (χ1) is 11.7. The minimum atomic E-state index is 0.0830. The minimum Gasteiger partial charge on any atom is -0.489 e. The summed E-state index contributed by atoms with van der Waals surface area (Å²) in [4.78, 5) is 11.7. The van der Waals surface area contributed by atoms with Gasteiger partial charge in [-0.15, -0.1) is 0 Å². The number of nitrogens with one attached hydrogen (secondary N) is 2. The molecule has 0 aliphatic carbocycles. The van der Waals surface area contributed by atoms with E-state index < -0.39 is 0 Å². The second kappa shape index (κ2) is 9.60. The highest BCUT2D eigenvalue weighted by molar-refractivity contribution is 5.76. The van der Waals surface area contributed by atoms with Crippen molar-refractivity contribution < 1.29 is 9.53 Å². The molecule has 1 unspecified atom stereocenters. The Balaban J connectivity index is 1.71. The molecule has 128 valence electrons. The van der Waals surface area contributed by atoms with Gasteiger partial charge in [-0.2, -0.15) is 0 Å². The van der Waals surface area contributed by atoms with E-state index in [2.05, 4.69) is 17.6 Å². The van der Waals surface area contributed by atoms with Gasteiger partial charge in [0.1, 0.15) is 12.4 Å². The summed E-state index contributed by atoms with van der Waals surface area (Å²) in [5.74, 6) is 0.915. The Morgan fingerprint density at radius 3 is 2.46 bits per heavy atom. The van der Waals surface area contributed by atoms with Crippen LogP contribution in [-0.4, -0.2) is 18.5 Å². The molecule has 0 saturated carbocycles. The van der Waals surface area contributed by atoms with Crippen LogP contribution in [0.4, 0.5) is 5.69 Å². The highest BCUT2D eigenvalue weighted by Crippen LogP contribution is 2.17. The van der Waals surface area contributed by atoms with E-state index in [-0.39, 0.29) is 11.9 Å². The van der Waals surface area contributed by atoms with Gasteiger partial charge < -0.3 is 15.4 Å². The van der Waals surface area contributed by atoms with Gasteiger partial charge in [0.2, 0.25) is 5.91 Å². The second-order valence-corrected chi connectivity index (χ2v) is 5.85. The topological polar surface area (TPSA) is 50.4 Å². The highest BCUT2D eigenvalue weighted by Gasteiger charge is 2.04. The Morgan fingerprint density at radius 1 is 1.08 bits per heavy atom. The van der Waals surface area contributed by atoms with Crippen molar-refractivity contribution in [1.29, 1.82) is 0 Å². The number of anilines is 1. The zero-order chi connectivity index (χ0) is 17.2. The monoisotopic (exact) mass is 326 g/mol. The van der Waals surface area contributed by atoms with Crippen molar-refractivity contribution in [3.05, 3.63) is 60.2 Å². The van der Waals surface area contributed by atoms with E-state index >= 15 is 0 Å². The minimum absolute atomic E-state index is 0.0830. The van der Waals surface area contributed by atoms with Crippen LogP contribution in [-0.2, 0) is 11.4 Å². The Morgan fingerprint density at radius 2 is 1.79 bits per heavy atom. The molecule has 0 aromatic heterocycles. The van der Waals surface area contributed by atoms with Crippen LogP contribution < -0.4 is 15.4 Å². The van der Waals surface area contributed by atoms with Crippen molar-refractivity contribution in [3.8, 4) is 5.75 Å². The summed E-state index contributed by atoms with van der Waals surface area (Å²) >= 11 is 0. The largest absolute Gasteiger partial charge is 0.489 e. The van der Waals surface area contributed by atoms with Gasteiger partial charge in [0.05, 0.1) is 0 Å². The van der Waals surface area contributed by atoms with E-state index in [9.17, 15) is 4.79 Å². The summed E-state index contributed by atoms with van der Waals surface area (Å²) in [6.45, 7) is 5.25. The molecule has 0 heterocycles. The molecule has 2 N–H and O–H groups in total. The third-order valence-corrected chi connectivity index (χ3v) is 3.80. The van der Waals surface area contributed by atoms with E-state index in [4.69, 9.17) is 4.74 Å². The molecule has 0 fully saturated rings. The van der Waals surface area contributed by atoms with E-state index in [1.165, 1.54) is 0 Å². The number of carbonyl (C=O) groups is 1. The van der Waals surface area contributed by atoms with Crippen molar-refractivity contribution in [1.82, 2.24) is 5.32 Å². The predicted molar refractivity (Wildman–Crippen MR) is 98.2 cm³/mol. The summed E-state index contributed by atoms with van der Waals surface area (Å²) in [5.41, 5.74) is 2.13. The van der Waals surface area contributed by atoms with E-state index in [1.54, 1.807) is 0 Å². The standard InChI is InChI=1S/C20H26N2O2/c1-3-16(2)22-20(23)13-14-21-18-9-11-19(12-10-18)24-15-17-7-5-4-6-8-17/h4-12,16,21H,3,13-15H2,1-2H3,(H,22,23). The lowest BCUT2D eigenvalue weighted by Gasteiger charge is -2.12. The lowest BCUT2D eigenvalue weighted by molar-refractivity contribution is -0.121. The van der Waals surface area contributed by atoms with Gasteiger partial charge in [-0.25, -0.2) is 0 Å². The number of carbonyl (C=O) groups excluding carboxylic acids is 1. The third kappa shape index (κ3) is 6.32. The third-order valence-electron chi connectivity index (χ3n) is 3.80. The fourth-order valence-corrected chi connectivity index (χ4v) is 2.18. The molecular formula is C20H26N2O2. The van der Waals surface area contributed by atoms with Crippen molar-refractivity contribution >= 4 is 11.6 Å². The number of ether oxygens (including phenoxy) is 1. The predicted octanol–water partition coefficient (Wildman–Crippen LogP) is 3.98. The average Bonchev–Trinajstić information content (AvgIpc) is 2.62. The molecule has 2 aromatic rings. The second-order valence-electron chi connectivity index (χ2n) is 5.85. The van der Waals surface area contributed by atoms with E-state index in [0.29, 0.717) is 19.6 Å². The SMILES string of the molecule is CCC(C)NC(=O)CCNc1ccc(OCc2ccccc2)cc1. The van der Waals surface area contributed by atoms with Crippen LogP contribution in [0.1, 0.15) is 32.3 Å². The van der Waals surface area contributed by atoms with Crippen LogP contribution in [0.2, 0.25) is 0 Å². The van der Waals surface area contributed by atoms with Crippen LogP contribution in [0.5, 0.6) is 5.75 Å². The summed E-state index contributed by atoms with van der Waals surface area (Å²) in [7, 11) is 0. The maximum atomic E-state index is 11.7. The number of rotatable bonds is 9. The zero-order valence-electron chi connectivity index (χ0n) is 14.4. The van der Waals surface area contributed by atoms with Crippen LogP contribution in [0.15, 0.2) is 54.6 Å². The summed E-state index contributed by atoms with van der Waals surface area (Å²) in [6.07, 6.45) is 1.42. The van der Waals surface area contributed by atoms with Gasteiger partial charge in [0, 0.05) is 24.7 Å². The van der Waals surface area contributed by atoms with Crippen molar-refractivity contribution in [2.45, 2.75) is 39.3 Å². The first kappa shape index (κ1) is 17.9. The molecule has 0 radical (unpaired) electrons. The Labute approximate surface area is 144 Å². The fraction of sp³-hybridized carbons (Fsp3) is 0.350. The average molecular weight is 326 g/mol. The van der Waals surface area contributed by atoms with Crippen LogP contribution >= 0.6 is 0 Å². The molecule has 0 aliphatic rings. The maximum Gasteiger partial charge on any atom is 0.221 e. The summed E-state index contributed by atoms with van der Waals surface area (Å²) in [5, 5.41) is 6.21. The molecular weight excluding hydrogens is 300 g/mol. The van der Waals surface area contributed by atoms with Gasteiger partial charge in [-0.05, 0) is 43.2 Å². The number of hydrogen-bond donors (Lipinski definition) is 2. The lowest BCUT2D eigenvalue weighted by atomic mass is 10.2. The summed E-state index contributed by atoms with van der Waals surface area (Å²) in [6, 6.07) is 18.1. The van der Waals surface area contributed by atoms with Crippen molar-refractivity contribution in [2.75, 3.05) is 11.9 Å². The number of benzene rings is 2. The number of amides is 1. The zero-order valence-corrected chi connectivity index (χ0v) is 14.4. The van der Waals surface area contributed by atoms with Crippen molar-refractivity contribution in [3.63, 3.8) is 0 Å². The van der Waals surface area contributed by atoms with Gasteiger partial charge in [0.25, 0.3) is 0 Å². The highest BCUT2D eigenvalue weighted by atomic mass is 16.5. The fourth-order valence-electron chi connectivity index (χ4n) is 2.18. The van der Waals surface area contributed by atoms with Gasteiger partial charge in [0.15, 0.2) is 0 Å². The maximum absolute atomic E-state index is 11.7. The smallest absolute Gasteiger partial charge is 0.221 e. The summed E-state index contributed by atoms with van der Waals surface area (Å²) < 4.78 is 5.75. The Kier molecular flexibility index (Phi) is 7.15. The Bertz CT molecular complexity index is 611. The van der Waals surface area contributed by atoms with Crippen LogP contribution in [0, 0.1) is 0 Å². The molecule has 24 heavy (non-hydrogen) atoms. The number of hydrogen-bond acceptors (Lipinski definition) is 3. The normalized spacial score (nSPS) is 11.6. The molecule has 4 nitrogen and oxygen atoms in total. The molecule has 0 bridgehead atoms. The lowest BCUT2D eigenvalue weighted by Crippen LogP contribution is -2.32. The van der Waals surface area contributed by atoms with E-state index in [0.717, 1.165) is 23.4 Å². The van der Waals surface area contributed by atoms with Crippen molar-refractivity contribution in [2.24, 2.45) is 0 Å². The molecule has 1 atom stereocenters. The quantitative estimate of drug-likeness (QED) is 0.733. The molecule has 2 rings (SSSR count).